The largest absolute Gasteiger partial charge is 0.497 e. The number of esters is 1. The smallest absolute Gasteiger partial charge is 0.314 e. The summed E-state index contributed by atoms with van der Waals surface area (Å²) in [6.45, 7) is 1.80. The molecule has 28 heavy (non-hydrogen) atoms. The Morgan fingerprint density at radius 3 is 2.57 bits per heavy atom. The first-order valence-corrected chi connectivity index (χ1v) is 9.02. The third-order valence-electron chi connectivity index (χ3n) is 4.80. The van der Waals surface area contributed by atoms with Gasteiger partial charge in [0.15, 0.2) is 5.76 Å². The van der Waals surface area contributed by atoms with Crippen molar-refractivity contribution in [2.45, 2.75) is 19.8 Å². The molecule has 0 radical (unpaired) electrons. The maximum absolute atomic E-state index is 12.8. The van der Waals surface area contributed by atoms with Crippen molar-refractivity contribution >= 4 is 17.8 Å². The fraction of sp³-hybridized carbons (Fsp3) is 0.273. The van der Waals surface area contributed by atoms with Crippen LogP contribution in [0.2, 0.25) is 0 Å². The number of aryl methyl sites for hydroxylation is 1. The van der Waals surface area contributed by atoms with E-state index < -0.39 is 0 Å². The number of benzene rings is 2. The summed E-state index contributed by atoms with van der Waals surface area (Å²) in [5.41, 5.74) is 1.87. The maximum atomic E-state index is 12.8. The minimum atomic E-state index is -0.234. The molecule has 2 aromatic rings. The highest BCUT2D eigenvalue weighted by Crippen LogP contribution is 2.39. The van der Waals surface area contributed by atoms with Gasteiger partial charge in [-0.05, 0) is 49.6 Å². The molecule has 1 aliphatic carbocycles. The number of hydrogen-bond donors (Lipinski definition) is 0. The minimum absolute atomic E-state index is 0.00546. The van der Waals surface area contributed by atoms with Gasteiger partial charge in [-0.1, -0.05) is 0 Å². The van der Waals surface area contributed by atoms with Gasteiger partial charge in [-0.2, -0.15) is 0 Å². The van der Waals surface area contributed by atoms with E-state index in [1.54, 1.807) is 57.6 Å². The number of allylic oxidation sites excluding steroid dienone is 1. The lowest BCUT2D eigenvalue weighted by atomic mass is 10.0. The van der Waals surface area contributed by atoms with Crippen molar-refractivity contribution < 1.29 is 28.5 Å². The maximum Gasteiger partial charge on any atom is 0.314 e. The quantitative estimate of drug-likeness (QED) is 0.444. The Morgan fingerprint density at radius 1 is 1.11 bits per heavy atom. The van der Waals surface area contributed by atoms with Gasteiger partial charge in [-0.3, -0.25) is 9.59 Å². The Bertz CT molecular complexity index is 1000. The van der Waals surface area contributed by atoms with Gasteiger partial charge in [0.1, 0.15) is 23.0 Å². The molecule has 1 heterocycles. The van der Waals surface area contributed by atoms with Crippen molar-refractivity contribution in [1.29, 1.82) is 0 Å². The van der Waals surface area contributed by atoms with Crippen LogP contribution in [0.4, 0.5) is 0 Å². The van der Waals surface area contributed by atoms with Gasteiger partial charge in [0, 0.05) is 17.7 Å². The molecule has 4 rings (SSSR count). The number of carbonyl (C=O) groups is 2. The van der Waals surface area contributed by atoms with Gasteiger partial charge < -0.3 is 18.9 Å². The normalized spacial score (nSPS) is 16.5. The minimum Gasteiger partial charge on any atom is -0.497 e. The number of hydrogen-bond acceptors (Lipinski definition) is 6. The first-order chi connectivity index (χ1) is 13.5. The van der Waals surface area contributed by atoms with E-state index in [9.17, 15) is 9.59 Å². The van der Waals surface area contributed by atoms with Crippen molar-refractivity contribution in [2.24, 2.45) is 5.92 Å². The zero-order valence-electron chi connectivity index (χ0n) is 15.9. The van der Waals surface area contributed by atoms with Crippen molar-refractivity contribution in [2.75, 3.05) is 14.2 Å². The fourth-order valence-corrected chi connectivity index (χ4v) is 3.13. The lowest BCUT2D eigenvalue weighted by Gasteiger charge is -2.08. The van der Waals surface area contributed by atoms with Crippen LogP contribution in [0, 0.1) is 12.8 Å². The summed E-state index contributed by atoms with van der Waals surface area (Å²) in [6, 6.07) is 8.59. The molecule has 0 saturated heterocycles. The molecule has 2 aliphatic rings. The Balaban J connectivity index is 1.64. The van der Waals surface area contributed by atoms with E-state index in [-0.39, 0.29) is 23.4 Å². The molecule has 0 amide bonds. The Labute approximate surface area is 162 Å². The van der Waals surface area contributed by atoms with E-state index >= 15 is 0 Å². The van der Waals surface area contributed by atoms with E-state index in [1.165, 1.54) is 0 Å². The molecule has 0 aromatic heterocycles. The van der Waals surface area contributed by atoms with Gasteiger partial charge in [-0.25, -0.2) is 0 Å². The van der Waals surface area contributed by atoms with E-state index in [0.29, 0.717) is 39.7 Å². The predicted molar refractivity (Wildman–Crippen MR) is 102 cm³/mol. The van der Waals surface area contributed by atoms with E-state index in [2.05, 4.69) is 0 Å². The van der Waals surface area contributed by atoms with Crippen LogP contribution >= 0.6 is 0 Å². The molecule has 6 heteroatoms. The van der Waals surface area contributed by atoms with E-state index in [0.717, 1.165) is 12.8 Å². The molecule has 0 atom stereocenters. The van der Waals surface area contributed by atoms with Crippen LogP contribution in [-0.2, 0) is 4.79 Å². The number of fused-ring (bicyclic) bond motifs is 1. The predicted octanol–water partition coefficient (Wildman–Crippen LogP) is 3.94. The molecule has 0 N–H and O–H groups in total. The summed E-state index contributed by atoms with van der Waals surface area (Å²) in [7, 11) is 3.12. The van der Waals surface area contributed by atoms with Gasteiger partial charge in [0.25, 0.3) is 0 Å². The molecule has 1 saturated carbocycles. The van der Waals surface area contributed by atoms with E-state index in [1.807, 2.05) is 0 Å². The molecule has 2 aromatic carbocycles. The monoisotopic (exact) mass is 380 g/mol. The highest BCUT2D eigenvalue weighted by Gasteiger charge is 2.33. The average Bonchev–Trinajstić information content (AvgIpc) is 3.48. The molecular formula is C22H20O6. The van der Waals surface area contributed by atoms with Crippen LogP contribution in [0.5, 0.6) is 23.0 Å². The third kappa shape index (κ3) is 3.33. The molecule has 144 valence electrons. The van der Waals surface area contributed by atoms with Crippen molar-refractivity contribution in [1.82, 2.24) is 0 Å². The summed E-state index contributed by atoms with van der Waals surface area (Å²) in [6.07, 6.45) is 3.37. The molecule has 0 bridgehead atoms. The zero-order chi connectivity index (χ0) is 19.8. The van der Waals surface area contributed by atoms with Crippen molar-refractivity contribution in [3.05, 3.63) is 52.8 Å². The second kappa shape index (κ2) is 7.03. The number of ether oxygens (including phenoxy) is 4. The summed E-state index contributed by atoms with van der Waals surface area (Å²) in [4.78, 5) is 24.7. The van der Waals surface area contributed by atoms with E-state index in [4.69, 9.17) is 18.9 Å². The number of Topliss-reactive ketones (excluding diaryl/α,β-unsaturated/α-hetero) is 1. The Hall–Kier alpha value is -3.28. The number of carbonyl (C=O) groups excluding carboxylic acids is 2. The molecular weight excluding hydrogens is 360 g/mol. The average molecular weight is 380 g/mol. The topological polar surface area (TPSA) is 71.1 Å². The van der Waals surface area contributed by atoms with Gasteiger partial charge >= 0.3 is 5.97 Å². The molecule has 1 aliphatic heterocycles. The molecule has 6 nitrogen and oxygen atoms in total. The molecule has 1 fully saturated rings. The highest BCUT2D eigenvalue weighted by atomic mass is 16.5. The first-order valence-electron chi connectivity index (χ1n) is 9.02. The zero-order valence-corrected chi connectivity index (χ0v) is 15.9. The lowest BCUT2D eigenvalue weighted by molar-refractivity contribution is -0.135. The standard InChI is InChI=1S/C22H20O6/c1-12-8-16(27-22(24)13-4-5-13)11-18-20(12)21(23)19(28-18)9-14-6-7-15(25-2)10-17(14)26-3/h6-11,13H,4-5H2,1-3H3/b19-9-. The lowest BCUT2D eigenvalue weighted by Crippen LogP contribution is -2.10. The second-order valence-electron chi connectivity index (χ2n) is 6.86. The van der Waals surface area contributed by atoms with Crippen LogP contribution in [0.1, 0.15) is 34.3 Å². The van der Waals surface area contributed by atoms with Gasteiger partial charge in [-0.15, -0.1) is 0 Å². The van der Waals surface area contributed by atoms with Crippen molar-refractivity contribution in [3.8, 4) is 23.0 Å². The molecule has 0 unspecified atom stereocenters. The summed E-state index contributed by atoms with van der Waals surface area (Å²) in [5.74, 6) is 1.73. The highest BCUT2D eigenvalue weighted by molar-refractivity contribution is 6.15. The summed E-state index contributed by atoms with van der Waals surface area (Å²) >= 11 is 0. The SMILES string of the molecule is COc1ccc(/C=C2\Oc3cc(OC(=O)C4CC4)cc(C)c3C2=O)c(OC)c1. The first kappa shape index (κ1) is 18.1. The summed E-state index contributed by atoms with van der Waals surface area (Å²) < 4.78 is 21.8. The van der Waals surface area contributed by atoms with Gasteiger partial charge in [0.2, 0.25) is 5.78 Å². The Kier molecular flexibility index (Phi) is 4.55. The third-order valence-corrected chi connectivity index (χ3v) is 4.80. The second-order valence-corrected chi connectivity index (χ2v) is 6.86. The fourth-order valence-electron chi connectivity index (χ4n) is 3.13. The number of ketones is 1. The van der Waals surface area contributed by atoms with Crippen LogP contribution in [-0.4, -0.2) is 26.0 Å². The van der Waals surface area contributed by atoms with Crippen LogP contribution in [0.25, 0.3) is 6.08 Å². The van der Waals surface area contributed by atoms with Crippen molar-refractivity contribution in [3.63, 3.8) is 0 Å². The van der Waals surface area contributed by atoms with Crippen LogP contribution < -0.4 is 18.9 Å². The number of methoxy groups -OCH3 is 2. The van der Waals surface area contributed by atoms with Crippen LogP contribution in [0.15, 0.2) is 36.1 Å². The number of rotatable bonds is 5. The van der Waals surface area contributed by atoms with Gasteiger partial charge in [0.05, 0.1) is 25.7 Å². The Morgan fingerprint density at radius 2 is 1.89 bits per heavy atom. The van der Waals surface area contributed by atoms with Crippen LogP contribution in [0.3, 0.4) is 0 Å². The summed E-state index contributed by atoms with van der Waals surface area (Å²) in [5, 5.41) is 0. The molecule has 0 spiro atoms.